The van der Waals surface area contributed by atoms with E-state index in [4.69, 9.17) is 11.6 Å². The van der Waals surface area contributed by atoms with Crippen molar-refractivity contribution in [1.29, 1.82) is 0 Å². The summed E-state index contributed by atoms with van der Waals surface area (Å²) in [6.45, 7) is 0.687. The van der Waals surface area contributed by atoms with E-state index in [9.17, 15) is 8.42 Å². The number of hydrogen-bond donors (Lipinski definition) is 0. The van der Waals surface area contributed by atoms with E-state index in [1.165, 1.54) is 30.6 Å². The third-order valence-electron chi connectivity index (χ3n) is 4.48. The van der Waals surface area contributed by atoms with E-state index in [-0.39, 0.29) is 6.04 Å². The van der Waals surface area contributed by atoms with Crippen LogP contribution in [0.1, 0.15) is 37.0 Å². The van der Waals surface area contributed by atoms with Crippen LogP contribution in [0.4, 0.5) is 0 Å². The summed E-state index contributed by atoms with van der Waals surface area (Å²) >= 11 is 7.11. The Balaban J connectivity index is 1.86. The summed E-state index contributed by atoms with van der Waals surface area (Å²) in [7, 11) is -3.30. The number of halogens is 1. The normalized spacial score (nSPS) is 27.6. The predicted molar refractivity (Wildman–Crippen MR) is 83.0 cm³/mol. The lowest BCUT2D eigenvalue weighted by molar-refractivity contribution is 0.202. The van der Waals surface area contributed by atoms with Crippen molar-refractivity contribution in [2.24, 2.45) is 5.92 Å². The number of fused-ring (bicyclic) bond motifs is 1. The van der Waals surface area contributed by atoms with E-state index in [1.807, 2.05) is 6.07 Å². The Morgan fingerprint density at radius 2 is 2.05 bits per heavy atom. The van der Waals surface area contributed by atoms with Crippen LogP contribution in [0.5, 0.6) is 0 Å². The molecule has 0 N–H and O–H groups in total. The molecule has 1 aromatic heterocycles. The highest BCUT2D eigenvalue weighted by molar-refractivity contribution is 7.91. The first kappa shape index (κ1) is 14.8. The van der Waals surface area contributed by atoms with Gasteiger partial charge in [-0.1, -0.05) is 6.42 Å². The van der Waals surface area contributed by atoms with Crippen LogP contribution in [0.15, 0.2) is 16.3 Å². The molecule has 1 aromatic rings. The molecule has 6 heteroatoms. The molecule has 1 aliphatic carbocycles. The zero-order valence-corrected chi connectivity index (χ0v) is 13.8. The average Bonchev–Trinajstić information content (AvgIpc) is 3.06. The third kappa shape index (κ3) is 2.65. The molecule has 0 radical (unpaired) electrons. The SMILES string of the molecule is O=S(=O)(c1ccc(CCCl)s1)N1CCCC2CCCC21. The van der Waals surface area contributed by atoms with Crippen molar-refractivity contribution in [3.63, 3.8) is 0 Å². The first-order valence-electron chi connectivity index (χ1n) is 7.29. The van der Waals surface area contributed by atoms with Crippen molar-refractivity contribution in [3.05, 3.63) is 17.0 Å². The van der Waals surface area contributed by atoms with Gasteiger partial charge in [0, 0.05) is 23.3 Å². The van der Waals surface area contributed by atoms with Crippen LogP contribution in [0.25, 0.3) is 0 Å². The van der Waals surface area contributed by atoms with Crippen molar-refractivity contribution in [1.82, 2.24) is 4.31 Å². The summed E-state index contributed by atoms with van der Waals surface area (Å²) in [6.07, 6.45) is 6.33. The zero-order valence-electron chi connectivity index (χ0n) is 11.4. The number of aryl methyl sites for hydroxylation is 1. The van der Waals surface area contributed by atoms with E-state index in [1.54, 1.807) is 10.4 Å². The largest absolute Gasteiger partial charge is 0.252 e. The van der Waals surface area contributed by atoms with Crippen molar-refractivity contribution in [2.45, 2.75) is 48.8 Å². The van der Waals surface area contributed by atoms with Gasteiger partial charge in [-0.05, 0) is 50.2 Å². The van der Waals surface area contributed by atoms with Crippen LogP contribution in [-0.2, 0) is 16.4 Å². The van der Waals surface area contributed by atoms with Crippen molar-refractivity contribution in [3.8, 4) is 0 Å². The minimum Gasteiger partial charge on any atom is -0.206 e. The molecule has 0 bridgehead atoms. The van der Waals surface area contributed by atoms with Crippen molar-refractivity contribution >= 4 is 33.0 Å². The third-order valence-corrected chi connectivity index (χ3v) is 8.21. The minimum atomic E-state index is -3.30. The Morgan fingerprint density at radius 3 is 2.85 bits per heavy atom. The van der Waals surface area contributed by atoms with E-state index in [0.717, 1.165) is 24.1 Å². The Morgan fingerprint density at radius 1 is 1.25 bits per heavy atom. The maximum absolute atomic E-state index is 12.9. The monoisotopic (exact) mass is 333 g/mol. The van der Waals surface area contributed by atoms with E-state index in [2.05, 4.69) is 0 Å². The molecular weight excluding hydrogens is 314 g/mol. The molecule has 0 amide bonds. The number of alkyl halides is 1. The Kier molecular flexibility index (Phi) is 4.41. The molecule has 1 saturated heterocycles. The van der Waals surface area contributed by atoms with Crippen LogP contribution < -0.4 is 0 Å². The lowest BCUT2D eigenvalue weighted by atomic mass is 9.94. The van der Waals surface area contributed by atoms with Crippen LogP contribution in [0.2, 0.25) is 0 Å². The van der Waals surface area contributed by atoms with Crippen LogP contribution in [-0.4, -0.2) is 31.2 Å². The summed E-state index contributed by atoms with van der Waals surface area (Å²) < 4.78 is 28.0. The van der Waals surface area contributed by atoms with E-state index >= 15 is 0 Å². The fourth-order valence-electron chi connectivity index (χ4n) is 3.55. The van der Waals surface area contributed by atoms with Gasteiger partial charge >= 0.3 is 0 Å². The molecule has 2 fully saturated rings. The van der Waals surface area contributed by atoms with Crippen LogP contribution >= 0.6 is 22.9 Å². The maximum atomic E-state index is 12.9. The van der Waals surface area contributed by atoms with Gasteiger partial charge in [0.15, 0.2) is 0 Å². The molecule has 3 rings (SSSR count). The molecule has 3 nitrogen and oxygen atoms in total. The van der Waals surface area contributed by atoms with Gasteiger partial charge in [0.25, 0.3) is 10.0 Å². The topological polar surface area (TPSA) is 37.4 Å². The average molecular weight is 334 g/mol. The summed E-state index contributed by atoms with van der Waals surface area (Å²) in [6, 6.07) is 3.89. The number of sulfonamides is 1. The summed E-state index contributed by atoms with van der Waals surface area (Å²) in [5, 5.41) is 0. The molecule has 2 aliphatic rings. The van der Waals surface area contributed by atoms with Crippen LogP contribution in [0.3, 0.4) is 0 Å². The van der Waals surface area contributed by atoms with Crippen molar-refractivity contribution < 1.29 is 8.42 Å². The van der Waals surface area contributed by atoms with Gasteiger partial charge in [0.2, 0.25) is 0 Å². The Labute approximate surface area is 130 Å². The predicted octanol–water partition coefficient (Wildman–Crippen LogP) is 3.48. The fraction of sp³-hybridized carbons (Fsp3) is 0.714. The standard InChI is InChI=1S/C14H20ClNO2S2/c15-9-8-12-6-7-14(19-12)20(17,18)16-10-2-4-11-3-1-5-13(11)16/h6-7,11,13H,1-5,8-10H2. The second-order valence-electron chi connectivity index (χ2n) is 5.68. The molecule has 2 heterocycles. The molecule has 112 valence electrons. The van der Waals surface area contributed by atoms with Gasteiger partial charge in [-0.2, -0.15) is 4.31 Å². The van der Waals surface area contributed by atoms with Gasteiger partial charge in [-0.25, -0.2) is 8.42 Å². The molecule has 1 aliphatic heterocycles. The van der Waals surface area contributed by atoms with Gasteiger partial charge in [0.1, 0.15) is 4.21 Å². The molecule has 1 saturated carbocycles. The van der Waals surface area contributed by atoms with Crippen LogP contribution in [0, 0.1) is 5.92 Å². The van der Waals surface area contributed by atoms with Crippen molar-refractivity contribution in [2.75, 3.05) is 12.4 Å². The number of hydrogen-bond acceptors (Lipinski definition) is 3. The minimum absolute atomic E-state index is 0.243. The quantitative estimate of drug-likeness (QED) is 0.791. The highest BCUT2D eigenvalue weighted by Gasteiger charge is 2.41. The Bertz CT molecular complexity index is 569. The highest BCUT2D eigenvalue weighted by atomic mass is 35.5. The van der Waals surface area contributed by atoms with E-state index < -0.39 is 10.0 Å². The number of rotatable bonds is 4. The highest BCUT2D eigenvalue weighted by Crippen LogP contribution is 2.40. The first-order chi connectivity index (χ1) is 9.63. The lowest BCUT2D eigenvalue weighted by Gasteiger charge is -2.36. The zero-order chi connectivity index (χ0) is 14.2. The fourth-order valence-corrected chi connectivity index (χ4v) is 7.10. The smallest absolute Gasteiger partial charge is 0.206 e. The number of thiophene rings is 1. The summed E-state index contributed by atoms with van der Waals surface area (Å²) in [4.78, 5) is 1.05. The second-order valence-corrected chi connectivity index (χ2v) is 9.34. The Hall–Kier alpha value is -0.100. The summed E-state index contributed by atoms with van der Waals surface area (Å²) in [5.41, 5.74) is 0. The number of piperidine rings is 1. The molecule has 20 heavy (non-hydrogen) atoms. The lowest BCUT2D eigenvalue weighted by Crippen LogP contribution is -2.45. The number of nitrogens with zero attached hydrogens (tertiary/aromatic N) is 1. The van der Waals surface area contributed by atoms with Gasteiger partial charge in [-0.15, -0.1) is 22.9 Å². The second kappa shape index (κ2) is 5.95. The summed E-state index contributed by atoms with van der Waals surface area (Å²) in [5.74, 6) is 1.12. The molecular formula is C14H20ClNO2S2. The van der Waals surface area contributed by atoms with E-state index in [0.29, 0.717) is 22.6 Å². The molecule has 2 atom stereocenters. The van der Waals surface area contributed by atoms with Gasteiger partial charge in [0.05, 0.1) is 0 Å². The molecule has 0 aromatic carbocycles. The molecule has 0 spiro atoms. The van der Waals surface area contributed by atoms with Gasteiger partial charge < -0.3 is 0 Å². The van der Waals surface area contributed by atoms with Gasteiger partial charge in [-0.3, -0.25) is 0 Å². The maximum Gasteiger partial charge on any atom is 0.252 e. The molecule has 2 unspecified atom stereocenters. The first-order valence-corrected chi connectivity index (χ1v) is 10.1.